The van der Waals surface area contributed by atoms with Gasteiger partial charge in [0.25, 0.3) is 0 Å². The SMILES string of the molecule is C=CN(C(/C=C(\C)c1ccsc1)=C/C=C\C)c1cc(C(=C)OC)[nH]c1C. The van der Waals surface area contributed by atoms with Crippen LogP contribution >= 0.6 is 11.3 Å². The van der Waals surface area contributed by atoms with E-state index in [1.54, 1.807) is 18.4 Å². The quantitative estimate of drug-likeness (QED) is 0.426. The molecule has 0 saturated heterocycles. The van der Waals surface area contributed by atoms with Gasteiger partial charge in [-0.25, -0.2) is 0 Å². The number of hydrogen-bond donors (Lipinski definition) is 1. The Labute approximate surface area is 160 Å². The number of methoxy groups -OCH3 is 1. The molecule has 1 N–H and O–H groups in total. The van der Waals surface area contributed by atoms with Gasteiger partial charge in [-0.1, -0.05) is 25.3 Å². The average Bonchev–Trinajstić information content (AvgIpc) is 3.30. The van der Waals surface area contributed by atoms with Crippen molar-refractivity contribution >= 4 is 28.4 Å². The largest absolute Gasteiger partial charge is 0.495 e. The highest BCUT2D eigenvalue weighted by Crippen LogP contribution is 2.30. The summed E-state index contributed by atoms with van der Waals surface area (Å²) >= 11 is 1.70. The summed E-state index contributed by atoms with van der Waals surface area (Å²) in [5, 5.41) is 4.24. The molecule has 0 aliphatic rings. The smallest absolute Gasteiger partial charge is 0.135 e. The Hall–Kier alpha value is -2.72. The number of allylic oxidation sites excluding steroid dienone is 5. The molecule has 0 spiro atoms. The molecular weight excluding hydrogens is 340 g/mol. The summed E-state index contributed by atoms with van der Waals surface area (Å²) in [6.07, 6.45) is 10.1. The zero-order valence-corrected chi connectivity index (χ0v) is 16.7. The van der Waals surface area contributed by atoms with Gasteiger partial charge in [0.05, 0.1) is 18.5 Å². The van der Waals surface area contributed by atoms with E-state index in [-0.39, 0.29) is 0 Å². The van der Waals surface area contributed by atoms with Crippen LogP contribution in [-0.2, 0) is 4.74 Å². The van der Waals surface area contributed by atoms with E-state index in [4.69, 9.17) is 4.74 Å². The number of aromatic amines is 1. The Balaban J connectivity index is 2.49. The number of nitrogens with zero attached hydrogens (tertiary/aromatic N) is 1. The van der Waals surface area contributed by atoms with Gasteiger partial charge in [-0.2, -0.15) is 11.3 Å². The topological polar surface area (TPSA) is 28.3 Å². The third-order valence-electron chi connectivity index (χ3n) is 4.05. The third-order valence-corrected chi connectivity index (χ3v) is 4.74. The highest BCUT2D eigenvalue weighted by molar-refractivity contribution is 7.08. The Morgan fingerprint density at radius 2 is 2.15 bits per heavy atom. The molecule has 0 atom stereocenters. The summed E-state index contributed by atoms with van der Waals surface area (Å²) in [5.41, 5.74) is 6.34. The van der Waals surface area contributed by atoms with Gasteiger partial charge >= 0.3 is 0 Å². The summed E-state index contributed by atoms with van der Waals surface area (Å²) in [4.78, 5) is 5.39. The van der Waals surface area contributed by atoms with Gasteiger partial charge in [-0.05, 0) is 67.0 Å². The molecule has 0 radical (unpaired) electrons. The molecule has 0 aliphatic carbocycles. The second kappa shape index (κ2) is 9.11. The first-order chi connectivity index (χ1) is 12.5. The number of thiophene rings is 1. The van der Waals surface area contributed by atoms with Crippen LogP contribution in [0.1, 0.15) is 30.8 Å². The minimum Gasteiger partial charge on any atom is -0.495 e. The van der Waals surface area contributed by atoms with Gasteiger partial charge in [0.15, 0.2) is 0 Å². The van der Waals surface area contributed by atoms with Crippen molar-refractivity contribution in [2.45, 2.75) is 20.8 Å². The lowest BCUT2D eigenvalue weighted by Crippen LogP contribution is -2.14. The van der Waals surface area contributed by atoms with E-state index in [1.165, 1.54) is 11.1 Å². The number of H-pyrrole nitrogens is 1. The molecular formula is C22H26N2OS. The van der Waals surface area contributed by atoms with Crippen molar-refractivity contribution in [3.05, 3.63) is 89.2 Å². The average molecular weight is 367 g/mol. The summed E-state index contributed by atoms with van der Waals surface area (Å²) in [6, 6.07) is 4.16. The van der Waals surface area contributed by atoms with Gasteiger partial charge in [-0.3, -0.25) is 0 Å². The summed E-state index contributed by atoms with van der Waals surface area (Å²) in [5.74, 6) is 0.604. The maximum atomic E-state index is 5.25. The molecule has 0 aromatic carbocycles. The minimum atomic E-state index is 0.604. The van der Waals surface area contributed by atoms with Crippen molar-refractivity contribution in [1.82, 2.24) is 4.98 Å². The van der Waals surface area contributed by atoms with Crippen molar-refractivity contribution in [2.24, 2.45) is 0 Å². The molecule has 0 aliphatic heterocycles. The van der Waals surface area contributed by atoms with E-state index in [0.717, 1.165) is 22.8 Å². The Kier molecular flexibility index (Phi) is 6.87. The number of ether oxygens (including phenoxy) is 1. The van der Waals surface area contributed by atoms with Crippen LogP contribution in [0, 0.1) is 6.92 Å². The lowest BCUT2D eigenvalue weighted by Gasteiger charge is -2.21. The monoisotopic (exact) mass is 366 g/mol. The highest BCUT2D eigenvalue weighted by Gasteiger charge is 2.15. The van der Waals surface area contributed by atoms with E-state index in [0.29, 0.717) is 5.76 Å². The molecule has 0 saturated carbocycles. The molecule has 3 nitrogen and oxygen atoms in total. The summed E-state index contributed by atoms with van der Waals surface area (Å²) in [7, 11) is 1.62. The molecule has 0 bridgehead atoms. The maximum absolute atomic E-state index is 5.25. The number of aryl methyl sites for hydroxylation is 1. The lowest BCUT2D eigenvalue weighted by molar-refractivity contribution is 0.370. The number of nitrogens with one attached hydrogen (secondary N) is 1. The first-order valence-electron chi connectivity index (χ1n) is 8.40. The molecule has 0 fully saturated rings. The van der Waals surface area contributed by atoms with Crippen molar-refractivity contribution in [1.29, 1.82) is 0 Å². The lowest BCUT2D eigenvalue weighted by atomic mass is 10.1. The molecule has 2 heterocycles. The molecule has 2 rings (SSSR count). The predicted octanol–water partition coefficient (Wildman–Crippen LogP) is 6.52. The molecule has 2 aromatic rings. The highest BCUT2D eigenvalue weighted by atomic mass is 32.1. The normalized spacial score (nSPS) is 12.5. The van der Waals surface area contributed by atoms with Crippen LogP contribution < -0.4 is 4.90 Å². The fourth-order valence-corrected chi connectivity index (χ4v) is 3.30. The molecule has 4 heteroatoms. The first-order valence-corrected chi connectivity index (χ1v) is 9.34. The van der Waals surface area contributed by atoms with Crippen LogP contribution in [0.5, 0.6) is 0 Å². The summed E-state index contributed by atoms with van der Waals surface area (Å²) in [6.45, 7) is 14.1. The fraction of sp³-hybridized carbons (Fsp3) is 0.182. The van der Waals surface area contributed by atoms with Crippen LogP contribution in [0.25, 0.3) is 11.3 Å². The van der Waals surface area contributed by atoms with Crippen molar-refractivity contribution in [3.63, 3.8) is 0 Å². The van der Waals surface area contributed by atoms with Crippen LogP contribution in [0.15, 0.2) is 72.3 Å². The number of aromatic nitrogens is 1. The third kappa shape index (κ3) is 4.46. The van der Waals surface area contributed by atoms with Crippen LogP contribution in [0.2, 0.25) is 0 Å². The molecule has 0 unspecified atom stereocenters. The van der Waals surface area contributed by atoms with Gasteiger partial charge in [0.1, 0.15) is 5.76 Å². The van der Waals surface area contributed by atoms with Crippen LogP contribution in [0.4, 0.5) is 5.69 Å². The van der Waals surface area contributed by atoms with E-state index >= 15 is 0 Å². The minimum absolute atomic E-state index is 0.604. The summed E-state index contributed by atoms with van der Waals surface area (Å²) < 4.78 is 5.25. The van der Waals surface area contributed by atoms with Crippen molar-refractivity contribution in [2.75, 3.05) is 12.0 Å². The van der Waals surface area contributed by atoms with Gasteiger partial charge in [0, 0.05) is 17.6 Å². The molecule has 26 heavy (non-hydrogen) atoms. The Morgan fingerprint density at radius 3 is 2.73 bits per heavy atom. The molecule has 0 amide bonds. The number of anilines is 1. The Morgan fingerprint density at radius 1 is 1.38 bits per heavy atom. The van der Waals surface area contributed by atoms with E-state index in [2.05, 4.69) is 58.9 Å². The number of hydrogen-bond acceptors (Lipinski definition) is 3. The standard InChI is InChI=1S/C22H26N2OS/c1-7-9-10-20(13-16(3)19-11-12-26-15-19)24(8-2)22-14-21(18(5)25-6)23-17(22)4/h7-15,23H,2,5H2,1,3-4,6H3/b9-7-,16-13+,20-10+. The molecule has 2 aromatic heterocycles. The van der Waals surface area contributed by atoms with Crippen molar-refractivity contribution in [3.8, 4) is 0 Å². The second-order valence-electron chi connectivity index (χ2n) is 5.83. The molecule has 136 valence electrons. The van der Waals surface area contributed by atoms with E-state index in [9.17, 15) is 0 Å². The van der Waals surface area contributed by atoms with E-state index in [1.807, 2.05) is 38.3 Å². The zero-order chi connectivity index (χ0) is 19.1. The fourth-order valence-electron chi connectivity index (χ4n) is 2.59. The van der Waals surface area contributed by atoms with Crippen LogP contribution in [0.3, 0.4) is 0 Å². The number of rotatable bonds is 8. The predicted molar refractivity (Wildman–Crippen MR) is 115 cm³/mol. The Bertz CT molecular complexity index is 851. The second-order valence-corrected chi connectivity index (χ2v) is 6.61. The van der Waals surface area contributed by atoms with Gasteiger partial charge < -0.3 is 14.6 Å². The van der Waals surface area contributed by atoms with Gasteiger partial charge in [-0.15, -0.1) is 0 Å². The van der Waals surface area contributed by atoms with E-state index < -0.39 is 0 Å². The van der Waals surface area contributed by atoms with Crippen LogP contribution in [-0.4, -0.2) is 12.1 Å². The maximum Gasteiger partial charge on any atom is 0.135 e. The zero-order valence-electron chi connectivity index (χ0n) is 15.9. The van der Waals surface area contributed by atoms with Crippen molar-refractivity contribution < 1.29 is 4.74 Å². The first kappa shape index (κ1) is 19.6. The van der Waals surface area contributed by atoms with Gasteiger partial charge in [0.2, 0.25) is 0 Å².